The highest BCUT2D eigenvalue weighted by Gasteiger charge is 2.10. The van der Waals surface area contributed by atoms with Crippen molar-refractivity contribution in [2.45, 2.75) is 25.8 Å². The Morgan fingerprint density at radius 2 is 2.40 bits per heavy atom. The average Bonchev–Trinajstić information content (AvgIpc) is 2.65. The molecular weight excluding hydrogens is 190 g/mol. The van der Waals surface area contributed by atoms with Gasteiger partial charge in [0.05, 0.1) is 11.7 Å². The molecule has 86 valence electrons. The van der Waals surface area contributed by atoms with Crippen LogP contribution in [0.5, 0.6) is 0 Å². The summed E-state index contributed by atoms with van der Waals surface area (Å²) < 4.78 is 7.15. The van der Waals surface area contributed by atoms with Crippen LogP contribution in [0.4, 0.5) is 0 Å². The third kappa shape index (κ3) is 4.01. The van der Waals surface area contributed by atoms with Gasteiger partial charge >= 0.3 is 0 Å². The normalized spacial score (nSPS) is 13.0. The van der Waals surface area contributed by atoms with Crippen molar-refractivity contribution in [3.05, 3.63) is 18.0 Å². The Kier molecular flexibility index (Phi) is 5.36. The van der Waals surface area contributed by atoms with Gasteiger partial charge in [-0.05, 0) is 32.9 Å². The molecule has 1 rings (SSSR count). The van der Waals surface area contributed by atoms with Crippen molar-refractivity contribution in [1.29, 1.82) is 0 Å². The van der Waals surface area contributed by atoms with Crippen molar-refractivity contribution in [3.63, 3.8) is 0 Å². The Balaban J connectivity index is 2.35. The molecule has 0 spiro atoms. The van der Waals surface area contributed by atoms with Gasteiger partial charge in [0.25, 0.3) is 0 Å². The van der Waals surface area contributed by atoms with E-state index in [1.165, 1.54) is 0 Å². The monoisotopic (exact) mass is 211 g/mol. The first kappa shape index (κ1) is 12.2. The third-order valence-corrected chi connectivity index (χ3v) is 2.43. The summed E-state index contributed by atoms with van der Waals surface area (Å²) in [5.74, 6) is 0. The summed E-state index contributed by atoms with van der Waals surface area (Å²) in [5.41, 5.74) is 1.11. The van der Waals surface area contributed by atoms with Gasteiger partial charge in [0.1, 0.15) is 0 Å². The van der Waals surface area contributed by atoms with E-state index < -0.39 is 0 Å². The van der Waals surface area contributed by atoms with Crippen molar-refractivity contribution in [3.8, 4) is 0 Å². The highest BCUT2D eigenvalue weighted by Crippen LogP contribution is 2.15. The number of ether oxygens (including phenoxy) is 1. The number of aryl methyl sites for hydroxylation is 1. The van der Waals surface area contributed by atoms with Crippen molar-refractivity contribution in [2.75, 3.05) is 20.3 Å². The first-order valence-corrected chi connectivity index (χ1v) is 5.52. The molecule has 1 atom stereocenters. The lowest BCUT2D eigenvalue weighted by Crippen LogP contribution is -2.17. The largest absolute Gasteiger partial charge is 0.382 e. The van der Waals surface area contributed by atoms with E-state index in [4.69, 9.17) is 4.74 Å². The molecule has 1 unspecified atom stereocenters. The van der Waals surface area contributed by atoms with E-state index in [0.29, 0.717) is 6.04 Å². The van der Waals surface area contributed by atoms with Crippen LogP contribution in [0, 0.1) is 0 Å². The van der Waals surface area contributed by atoms with Crippen LogP contribution in [-0.4, -0.2) is 30.0 Å². The van der Waals surface area contributed by atoms with Crippen LogP contribution in [0.2, 0.25) is 0 Å². The number of aromatic nitrogens is 2. The minimum Gasteiger partial charge on any atom is -0.382 e. The predicted molar refractivity (Wildman–Crippen MR) is 60.7 cm³/mol. The van der Waals surface area contributed by atoms with E-state index in [9.17, 15) is 0 Å². The van der Waals surface area contributed by atoms with Crippen LogP contribution in [0.1, 0.15) is 31.5 Å². The molecule has 0 fully saturated rings. The van der Waals surface area contributed by atoms with Gasteiger partial charge in [0, 0.05) is 26.5 Å². The summed E-state index contributed by atoms with van der Waals surface area (Å²) in [4.78, 5) is 0. The topological polar surface area (TPSA) is 39.1 Å². The Hall–Kier alpha value is -0.870. The molecule has 4 heteroatoms. The second kappa shape index (κ2) is 6.58. The number of hydrogen-bond acceptors (Lipinski definition) is 3. The molecule has 0 aliphatic rings. The highest BCUT2D eigenvalue weighted by atomic mass is 16.5. The Bertz CT molecular complexity index is 273. The maximum absolute atomic E-state index is 5.32. The first-order chi connectivity index (χ1) is 7.27. The van der Waals surface area contributed by atoms with Gasteiger partial charge in [-0.2, -0.15) is 5.10 Å². The van der Waals surface area contributed by atoms with Gasteiger partial charge in [-0.3, -0.25) is 4.68 Å². The van der Waals surface area contributed by atoms with Gasteiger partial charge in [0.15, 0.2) is 0 Å². The predicted octanol–water partition coefficient (Wildman–Crippen LogP) is 1.50. The molecule has 0 bridgehead atoms. The fourth-order valence-electron chi connectivity index (χ4n) is 1.59. The Labute approximate surface area is 91.6 Å². The minimum atomic E-state index is 0.339. The zero-order chi connectivity index (χ0) is 11.1. The molecule has 0 aromatic carbocycles. The van der Waals surface area contributed by atoms with E-state index in [-0.39, 0.29) is 0 Å². The molecule has 0 aliphatic heterocycles. The van der Waals surface area contributed by atoms with Gasteiger partial charge in [-0.15, -0.1) is 0 Å². The highest BCUT2D eigenvalue weighted by molar-refractivity contribution is 5.04. The van der Waals surface area contributed by atoms with Gasteiger partial charge in [0.2, 0.25) is 0 Å². The molecule has 0 radical (unpaired) electrons. The Morgan fingerprint density at radius 3 is 2.93 bits per heavy atom. The van der Waals surface area contributed by atoms with Crippen LogP contribution in [0.3, 0.4) is 0 Å². The summed E-state index contributed by atoms with van der Waals surface area (Å²) in [6.07, 6.45) is 4.10. The van der Waals surface area contributed by atoms with Crippen LogP contribution >= 0.6 is 0 Å². The summed E-state index contributed by atoms with van der Waals surface area (Å²) in [7, 11) is 3.91. The van der Waals surface area contributed by atoms with Gasteiger partial charge < -0.3 is 10.1 Å². The van der Waals surface area contributed by atoms with Crippen LogP contribution in [0.15, 0.2) is 12.3 Å². The second-order valence-electron chi connectivity index (χ2n) is 3.59. The van der Waals surface area contributed by atoms with E-state index in [1.807, 2.05) is 31.9 Å². The fraction of sp³-hybridized carbons (Fsp3) is 0.727. The lowest BCUT2D eigenvalue weighted by molar-refractivity contribution is 0.141. The van der Waals surface area contributed by atoms with Crippen molar-refractivity contribution in [2.24, 2.45) is 7.05 Å². The number of rotatable bonds is 7. The molecule has 0 saturated heterocycles. The molecule has 1 aromatic heterocycles. The summed E-state index contributed by atoms with van der Waals surface area (Å²) >= 11 is 0. The minimum absolute atomic E-state index is 0.339. The SMILES string of the molecule is CCOCCCC(NC)c1ccn(C)n1. The zero-order valence-corrected chi connectivity index (χ0v) is 9.86. The smallest absolute Gasteiger partial charge is 0.0793 e. The number of hydrogen-bond donors (Lipinski definition) is 1. The molecule has 1 heterocycles. The molecule has 0 amide bonds. The maximum Gasteiger partial charge on any atom is 0.0793 e. The third-order valence-electron chi connectivity index (χ3n) is 2.43. The van der Waals surface area contributed by atoms with E-state index in [2.05, 4.69) is 16.5 Å². The molecular formula is C11H21N3O. The average molecular weight is 211 g/mol. The zero-order valence-electron chi connectivity index (χ0n) is 9.86. The quantitative estimate of drug-likeness (QED) is 0.695. The van der Waals surface area contributed by atoms with E-state index >= 15 is 0 Å². The standard InChI is InChI=1S/C11H21N3O/c1-4-15-9-5-6-10(12-2)11-7-8-14(3)13-11/h7-8,10,12H,4-6,9H2,1-3H3. The summed E-state index contributed by atoms with van der Waals surface area (Å²) in [6.45, 7) is 3.66. The Morgan fingerprint density at radius 1 is 1.60 bits per heavy atom. The summed E-state index contributed by atoms with van der Waals surface area (Å²) in [6, 6.07) is 2.40. The molecule has 0 aliphatic carbocycles. The molecule has 0 saturated carbocycles. The maximum atomic E-state index is 5.32. The molecule has 4 nitrogen and oxygen atoms in total. The lowest BCUT2D eigenvalue weighted by Gasteiger charge is -2.13. The molecule has 1 N–H and O–H groups in total. The second-order valence-corrected chi connectivity index (χ2v) is 3.59. The van der Waals surface area contributed by atoms with Crippen LogP contribution in [-0.2, 0) is 11.8 Å². The number of nitrogens with one attached hydrogen (secondary N) is 1. The van der Waals surface area contributed by atoms with Gasteiger partial charge in [-0.25, -0.2) is 0 Å². The van der Waals surface area contributed by atoms with Gasteiger partial charge in [-0.1, -0.05) is 0 Å². The fourth-order valence-corrected chi connectivity index (χ4v) is 1.59. The summed E-state index contributed by atoms with van der Waals surface area (Å²) in [5, 5.41) is 7.67. The van der Waals surface area contributed by atoms with E-state index in [0.717, 1.165) is 31.7 Å². The molecule has 15 heavy (non-hydrogen) atoms. The van der Waals surface area contributed by atoms with E-state index in [1.54, 1.807) is 0 Å². The first-order valence-electron chi connectivity index (χ1n) is 5.52. The van der Waals surface area contributed by atoms with Crippen molar-refractivity contribution in [1.82, 2.24) is 15.1 Å². The van der Waals surface area contributed by atoms with Crippen LogP contribution < -0.4 is 5.32 Å². The lowest BCUT2D eigenvalue weighted by atomic mass is 10.1. The number of nitrogens with zero attached hydrogens (tertiary/aromatic N) is 2. The van der Waals surface area contributed by atoms with Crippen molar-refractivity contribution >= 4 is 0 Å². The van der Waals surface area contributed by atoms with Crippen molar-refractivity contribution < 1.29 is 4.74 Å². The van der Waals surface area contributed by atoms with Crippen LogP contribution in [0.25, 0.3) is 0 Å². The molecule has 1 aromatic rings.